The van der Waals surface area contributed by atoms with Crippen LogP contribution in [0.2, 0.25) is 0 Å². The number of nitrogens with zero attached hydrogens (tertiary/aromatic N) is 2. The normalized spacial score (nSPS) is 24.9. The molecule has 3 rings (SSSR count). The summed E-state index contributed by atoms with van der Waals surface area (Å²) in [6.07, 6.45) is -0.253. The van der Waals surface area contributed by atoms with E-state index in [1.807, 2.05) is 31.2 Å². The van der Waals surface area contributed by atoms with Crippen LogP contribution < -0.4 is 16.8 Å². The molecule has 37 heavy (non-hydrogen) atoms. The fraction of sp³-hybridized carbons (Fsp3) is 0.615. The number of benzene rings is 1. The number of carbonyl (C=O) groups is 4. The van der Waals surface area contributed by atoms with E-state index in [-0.39, 0.29) is 18.9 Å². The highest BCUT2D eigenvalue weighted by molar-refractivity contribution is 5.98. The van der Waals surface area contributed by atoms with E-state index in [9.17, 15) is 29.4 Å². The first-order valence-corrected chi connectivity index (χ1v) is 12.8. The maximum atomic E-state index is 14.0. The van der Waals surface area contributed by atoms with Crippen molar-refractivity contribution in [2.45, 2.75) is 88.7 Å². The highest BCUT2D eigenvalue weighted by Gasteiger charge is 2.53. The van der Waals surface area contributed by atoms with Gasteiger partial charge >= 0.3 is 0 Å². The predicted octanol–water partition coefficient (Wildman–Crippen LogP) is -1.05. The zero-order valence-corrected chi connectivity index (χ0v) is 21.7. The Bertz CT molecular complexity index is 1030. The first-order valence-electron chi connectivity index (χ1n) is 12.8. The van der Waals surface area contributed by atoms with Crippen LogP contribution in [-0.4, -0.2) is 92.6 Å². The van der Waals surface area contributed by atoms with E-state index >= 15 is 0 Å². The number of amides is 4. The fourth-order valence-corrected chi connectivity index (χ4v) is 5.43. The van der Waals surface area contributed by atoms with E-state index in [1.54, 1.807) is 0 Å². The molecule has 2 aliphatic heterocycles. The Morgan fingerprint density at radius 3 is 2.43 bits per heavy atom. The molecule has 2 heterocycles. The Labute approximate surface area is 217 Å². The lowest BCUT2D eigenvalue weighted by Gasteiger charge is -2.41. The number of primary amides is 1. The molecule has 204 valence electrons. The number of aliphatic hydroxyl groups excluding tert-OH is 2. The van der Waals surface area contributed by atoms with E-state index in [2.05, 4.69) is 5.32 Å². The molecule has 7 N–H and O–H groups in total. The van der Waals surface area contributed by atoms with Crippen molar-refractivity contribution in [3.8, 4) is 0 Å². The van der Waals surface area contributed by atoms with Crippen LogP contribution in [0.4, 0.5) is 0 Å². The van der Waals surface area contributed by atoms with Gasteiger partial charge in [-0.3, -0.25) is 19.2 Å². The number of rotatable bonds is 9. The van der Waals surface area contributed by atoms with E-state index in [0.29, 0.717) is 32.2 Å². The van der Waals surface area contributed by atoms with E-state index < -0.39 is 53.6 Å². The number of hydrogen-bond donors (Lipinski definition) is 5. The lowest BCUT2D eigenvalue weighted by molar-refractivity contribution is -0.152. The number of likely N-dealkylation sites (tertiary alicyclic amines) is 2. The number of hydrogen-bond acceptors (Lipinski definition) is 7. The summed E-state index contributed by atoms with van der Waals surface area (Å²) in [6.45, 7) is 5.32. The van der Waals surface area contributed by atoms with Gasteiger partial charge in [0.15, 0.2) is 0 Å². The summed E-state index contributed by atoms with van der Waals surface area (Å²) in [5.41, 5.74) is 11.8. The van der Waals surface area contributed by atoms with Crippen LogP contribution in [0, 0.1) is 6.92 Å². The predicted molar refractivity (Wildman–Crippen MR) is 136 cm³/mol. The lowest BCUT2D eigenvalue weighted by Crippen LogP contribution is -2.65. The van der Waals surface area contributed by atoms with Crippen molar-refractivity contribution >= 4 is 23.6 Å². The van der Waals surface area contributed by atoms with Crippen molar-refractivity contribution in [2.75, 3.05) is 13.1 Å². The highest BCUT2D eigenvalue weighted by Crippen LogP contribution is 2.36. The van der Waals surface area contributed by atoms with Crippen molar-refractivity contribution in [1.29, 1.82) is 0 Å². The quantitative estimate of drug-likeness (QED) is 0.277. The minimum atomic E-state index is -1.35. The molecule has 0 spiro atoms. The molecular weight excluding hydrogens is 478 g/mol. The molecular formula is C26H39N5O6. The molecule has 1 aromatic rings. The summed E-state index contributed by atoms with van der Waals surface area (Å²) in [5.74, 6) is -2.36. The molecule has 0 radical (unpaired) electrons. The first kappa shape index (κ1) is 28.5. The van der Waals surface area contributed by atoms with Crippen molar-refractivity contribution in [1.82, 2.24) is 15.1 Å². The van der Waals surface area contributed by atoms with Gasteiger partial charge in [0, 0.05) is 19.5 Å². The van der Waals surface area contributed by atoms with Gasteiger partial charge in [0.2, 0.25) is 23.6 Å². The van der Waals surface area contributed by atoms with Crippen molar-refractivity contribution < 1.29 is 29.4 Å². The van der Waals surface area contributed by atoms with Gasteiger partial charge in [0.1, 0.15) is 23.7 Å². The molecule has 0 saturated carbocycles. The molecule has 0 aromatic heterocycles. The third-order valence-electron chi connectivity index (χ3n) is 7.46. The van der Waals surface area contributed by atoms with E-state index in [0.717, 1.165) is 11.1 Å². The smallest absolute Gasteiger partial charge is 0.247 e. The molecule has 2 fully saturated rings. The minimum Gasteiger partial charge on any atom is -0.391 e. The first-order chi connectivity index (χ1) is 17.4. The zero-order chi connectivity index (χ0) is 27.5. The molecule has 11 nitrogen and oxygen atoms in total. The van der Waals surface area contributed by atoms with Crippen molar-refractivity contribution in [3.05, 3.63) is 35.4 Å². The van der Waals surface area contributed by atoms with Gasteiger partial charge < -0.3 is 36.8 Å². The third kappa shape index (κ3) is 5.94. The summed E-state index contributed by atoms with van der Waals surface area (Å²) < 4.78 is 0. The highest BCUT2D eigenvalue weighted by atomic mass is 16.3. The Balaban J connectivity index is 1.98. The van der Waals surface area contributed by atoms with Gasteiger partial charge in [-0.2, -0.15) is 0 Å². The third-order valence-corrected chi connectivity index (χ3v) is 7.46. The second-order valence-electron chi connectivity index (χ2n) is 10.3. The molecule has 4 amide bonds. The van der Waals surface area contributed by atoms with Crippen molar-refractivity contribution in [3.63, 3.8) is 0 Å². The van der Waals surface area contributed by atoms with Gasteiger partial charge in [-0.1, -0.05) is 29.8 Å². The van der Waals surface area contributed by atoms with Gasteiger partial charge in [-0.15, -0.1) is 0 Å². The van der Waals surface area contributed by atoms with Gasteiger partial charge in [0.25, 0.3) is 0 Å². The Morgan fingerprint density at radius 1 is 1.14 bits per heavy atom. The number of aliphatic hydroxyl groups is 2. The second-order valence-corrected chi connectivity index (χ2v) is 10.3. The summed E-state index contributed by atoms with van der Waals surface area (Å²) in [7, 11) is 0. The van der Waals surface area contributed by atoms with E-state index in [1.165, 1.54) is 23.6 Å². The summed E-state index contributed by atoms with van der Waals surface area (Å²) in [6, 6.07) is 4.30. The largest absolute Gasteiger partial charge is 0.391 e. The number of carbonyl (C=O) groups excluding carboxylic acids is 4. The Hall–Kier alpha value is -3.02. The molecule has 11 heteroatoms. The monoisotopic (exact) mass is 517 g/mol. The molecule has 2 saturated heterocycles. The molecule has 2 aliphatic rings. The summed E-state index contributed by atoms with van der Waals surface area (Å²) in [4.78, 5) is 55.7. The molecule has 0 bridgehead atoms. The SMILES string of the molecule is Cc1cccc(CC2(C(=O)NC(C(N)=O)[C@@H](C)O)CCCN2C(=O)[C@@H]2CCCN2C(=O)C(N)[C@@H](C)O)c1. The standard InChI is InChI=1S/C26H39N5O6/c1-15-7-4-8-18(13-15)14-26(25(37)29-21(17(3)33)22(28)34)10-6-12-31(26)23(35)19-9-5-11-30(19)24(36)20(27)16(2)32/h4,7-8,13,16-17,19-21,32-33H,5-6,9-12,14,27H2,1-3H3,(H2,28,34)(H,29,37)/t16-,17-,19+,20?,21?,26?/m1/s1. The average molecular weight is 518 g/mol. The van der Waals surface area contributed by atoms with Crippen LogP contribution in [0.15, 0.2) is 24.3 Å². The Morgan fingerprint density at radius 2 is 1.84 bits per heavy atom. The van der Waals surface area contributed by atoms with Gasteiger partial charge in [-0.25, -0.2) is 0 Å². The van der Waals surface area contributed by atoms with Crippen LogP contribution in [0.1, 0.15) is 50.7 Å². The zero-order valence-electron chi connectivity index (χ0n) is 21.7. The lowest BCUT2D eigenvalue weighted by atomic mass is 9.85. The number of nitrogens with two attached hydrogens (primary N) is 2. The number of aryl methyl sites for hydroxylation is 1. The summed E-state index contributed by atoms with van der Waals surface area (Å²) >= 11 is 0. The molecule has 0 aliphatic carbocycles. The molecule has 1 aromatic carbocycles. The van der Waals surface area contributed by atoms with Crippen LogP contribution in [0.25, 0.3) is 0 Å². The second kappa shape index (κ2) is 11.6. The van der Waals surface area contributed by atoms with Crippen molar-refractivity contribution in [2.24, 2.45) is 11.5 Å². The molecule has 3 unspecified atom stereocenters. The van der Waals surface area contributed by atoms with Crippen LogP contribution >= 0.6 is 0 Å². The summed E-state index contributed by atoms with van der Waals surface area (Å²) in [5, 5.41) is 22.5. The maximum Gasteiger partial charge on any atom is 0.247 e. The van der Waals surface area contributed by atoms with Gasteiger partial charge in [0.05, 0.1) is 12.2 Å². The average Bonchev–Trinajstić information content (AvgIpc) is 3.48. The van der Waals surface area contributed by atoms with Crippen LogP contribution in [0.5, 0.6) is 0 Å². The Kier molecular flexibility index (Phi) is 8.93. The van der Waals surface area contributed by atoms with Crippen LogP contribution in [0.3, 0.4) is 0 Å². The van der Waals surface area contributed by atoms with Crippen LogP contribution in [-0.2, 0) is 25.6 Å². The minimum absolute atomic E-state index is 0.186. The molecule has 6 atom stereocenters. The fourth-order valence-electron chi connectivity index (χ4n) is 5.43. The van der Waals surface area contributed by atoms with Gasteiger partial charge in [-0.05, 0) is 52.0 Å². The number of nitrogens with one attached hydrogen (secondary N) is 1. The van der Waals surface area contributed by atoms with E-state index in [4.69, 9.17) is 11.5 Å². The maximum absolute atomic E-state index is 14.0. The topological polar surface area (TPSA) is 179 Å².